The summed E-state index contributed by atoms with van der Waals surface area (Å²) in [4.78, 5) is 8.41. The Kier molecular flexibility index (Phi) is 2.94. The maximum absolute atomic E-state index is 14.4. The van der Waals surface area contributed by atoms with Gasteiger partial charge in [-0.05, 0) is 55.9 Å². The Labute approximate surface area is 131 Å². The third-order valence-electron chi connectivity index (χ3n) is 4.07. The van der Waals surface area contributed by atoms with Crippen LogP contribution in [-0.4, -0.2) is 15.1 Å². The van der Waals surface area contributed by atoms with Crippen molar-refractivity contribution in [2.24, 2.45) is 0 Å². The molecule has 0 aliphatic heterocycles. The summed E-state index contributed by atoms with van der Waals surface area (Å²) in [5.74, 6) is 0.954. The van der Waals surface area contributed by atoms with E-state index in [2.05, 4.69) is 15.1 Å². The molecule has 0 atom stereocenters. The van der Waals surface area contributed by atoms with Gasteiger partial charge in [-0.25, -0.2) is 9.37 Å². The van der Waals surface area contributed by atoms with Crippen molar-refractivity contribution in [1.29, 1.82) is 0 Å². The summed E-state index contributed by atoms with van der Waals surface area (Å²) in [7, 11) is 0. The lowest BCUT2D eigenvalue weighted by Gasteiger charge is -2.10. The molecule has 22 heavy (non-hydrogen) atoms. The summed E-state index contributed by atoms with van der Waals surface area (Å²) < 4.78 is 19.6. The van der Waals surface area contributed by atoms with Crippen molar-refractivity contribution in [2.45, 2.75) is 32.6 Å². The highest BCUT2D eigenvalue weighted by atomic mass is 35.5. The Balaban J connectivity index is 2.02. The van der Waals surface area contributed by atoms with Crippen LogP contribution in [-0.2, 0) is 0 Å². The van der Waals surface area contributed by atoms with Gasteiger partial charge in [0.05, 0.1) is 5.56 Å². The van der Waals surface area contributed by atoms with E-state index in [0.29, 0.717) is 23.2 Å². The molecule has 0 bridgehead atoms. The SMILES string of the molecule is Cc1noc(-c2c(Cl)nc3c(F)cc(C4CC4)cc3c2C)n1. The van der Waals surface area contributed by atoms with E-state index in [0.717, 1.165) is 29.4 Å². The normalized spacial score (nSPS) is 14.7. The highest BCUT2D eigenvalue weighted by molar-refractivity contribution is 6.32. The number of aromatic nitrogens is 3. The van der Waals surface area contributed by atoms with Gasteiger partial charge in [-0.2, -0.15) is 4.98 Å². The average Bonchev–Trinajstić information content (AvgIpc) is 3.23. The minimum absolute atomic E-state index is 0.173. The molecule has 1 saturated carbocycles. The number of hydrogen-bond donors (Lipinski definition) is 0. The first-order chi connectivity index (χ1) is 10.5. The van der Waals surface area contributed by atoms with E-state index < -0.39 is 0 Å². The molecule has 2 heterocycles. The Morgan fingerprint density at radius 2 is 2.00 bits per heavy atom. The van der Waals surface area contributed by atoms with Crippen molar-refractivity contribution >= 4 is 22.5 Å². The van der Waals surface area contributed by atoms with Crippen LogP contribution in [0.15, 0.2) is 16.7 Å². The zero-order valence-electron chi connectivity index (χ0n) is 12.2. The van der Waals surface area contributed by atoms with Crippen LogP contribution in [0, 0.1) is 19.7 Å². The molecule has 0 saturated heterocycles. The van der Waals surface area contributed by atoms with E-state index in [1.165, 1.54) is 0 Å². The lowest BCUT2D eigenvalue weighted by atomic mass is 10.0. The van der Waals surface area contributed by atoms with Crippen LogP contribution in [0.4, 0.5) is 4.39 Å². The maximum Gasteiger partial charge on any atom is 0.261 e. The van der Waals surface area contributed by atoms with Crippen LogP contribution in [0.1, 0.15) is 35.7 Å². The smallest absolute Gasteiger partial charge is 0.261 e. The molecule has 4 nitrogen and oxygen atoms in total. The van der Waals surface area contributed by atoms with Gasteiger partial charge in [0, 0.05) is 5.39 Å². The largest absolute Gasteiger partial charge is 0.334 e. The summed E-state index contributed by atoms with van der Waals surface area (Å²) in [6, 6.07) is 3.57. The predicted molar refractivity (Wildman–Crippen MR) is 81.5 cm³/mol. The first-order valence-electron chi connectivity index (χ1n) is 7.14. The molecule has 2 aromatic heterocycles. The second-order valence-corrected chi connectivity index (χ2v) is 6.08. The first kappa shape index (κ1) is 13.6. The van der Waals surface area contributed by atoms with Gasteiger partial charge in [0.2, 0.25) is 0 Å². The van der Waals surface area contributed by atoms with Gasteiger partial charge < -0.3 is 4.52 Å². The van der Waals surface area contributed by atoms with E-state index in [9.17, 15) is 4.39 Å². The molecule has 1 fully saturated rings. The monoisotopic (exact) mass is 317 g/mol. The standard InChI is InChI=1S/C16H13ClFN3O/c1-7-11-5-10(9-3-4-9)6-12(18)14(11)20-15(17)13(7)16-19-8(2)21-22-16/h5-6,9H,3-4H2,1-2H3. The predicted octanol–water partition coefficient (Wildman–Crippen LogP) is 4.57. The first-order valence-corrected chi connectivity index (χ1v) is 7.52. The second-order valence-electron chi connectivity index (χ2n) is 5.72. The fourth-order valence-electron chi connectivity index (χ4n) is 2.76. The van der Waals surface area contributed by atoms with Crippen LogP contribution in [0.25, 0.3) is 22.4 Å². The third-order valence-corrected chi connectivity index (χ3v) is 4.34. The zero-order valence-corrected chi connectivity index (χ0v) is 12.9. The molecule has 1 aromatic carbocycles. The van der Waals surface area contributed by atoms with E-state index >= 15 is 0 Å². The van der Waals surface area contributed by atoms with Crippen LogP contribution in [0.3, 0.4) is 0 Å². The van der Waals surface area contributed by atoms with Crippen molar-refractivity contribution in [3.05, 3.63) is 40.1 Å². The fourth-order valence-corrected chi connectivity index (χ4v) is 3.07. The maximum atomic E-state index is 14.4. The van der Waals surface area contributed by atoms with Gasteiger partial charge in [-0.3, -0.25) is 0 Å². The summed E-state index contributed by atoms with van der Waals surface area (Å²) >= 11 is 6.23. The molecular weight excluding hydrogens is 305 g/mol. The minimum atomic E-state index is -0.336. The van der Waals surface area contributed by atoms with Crippen molar-refractivity contribution in [2.75, 3.05) is 0 Å². The van der Waals surface area contributed by atoms with Gasteiger partial charge in [0.15, 0.2) is 5.82 Å². The average molecular weight is 318 g/mol. The Hall–Kier alpha value is -2.01. The molecule has 0 N–H and O–H groups in total. The molecular formula is C16H13ClFN3O. The summed E-state index contributed by atoms with van der Waals surface area (Å²) in [6.45, 7) is 3.61. The van der Waals surface area contributed by atoms with E-state index in [-0.39, 0.29) is 16.5 Å². The molecule has 0 amide bonds. The third kappa shape index (κ3) is 2.08. The van der Waals surface area contributed by atoms with Gasteiger partial charge in [0.1, 0.15) is 16.5 Å². The van der Waals surface area contributed by atoms with Crippen LogP contribution in [0.5, 0.6) is 0 Å². The lowest BCUT2D eigenvalue weighted by molar-refractivity contribution is 0.425. The van der Waals surface area contributed by atoms with Crippen molar-refractivity contribution in [3.8, 4) is 11.5 Å². The number of hydrogen-bond acceptors (Lipinski definition) is 4. The Morgan fingerprint density at radius 3 is 2.64 bits per heavy atom. The topological polar surface area (TPSA) is 51.8 Å². The van der Waals surface area contributed by atoms with Crippen LogP contribution >= 0.6 is 11.6 Å². The molecule has 4 rings (SSSR count). The number of fused-ring (bicyclic) bond motifs is 1. The number of pyridine rings is 1. The molecule has 0 spiro atoms. The minimum Gasteiger partial charge on any atom is -0.334 e. The fraction of sp³-hybridized carbons (Fsp3) is 0.312. The number of halogens is 2. The Morgan fingerprint density at radius 1 is 1.23 bits per heavy atom. The van der Waals surface area contributed by atoms with Gasteiger partial charge >= 0.3 is 0 Å². The number of nitrogens with zero attached hydrogens (tertiary/aromatic N) is 3. The van der Waals surface area contributed by atoms with Crippen LogP contribution < -0.4 is 0 Å². The van der Waals surface area contributed by atoms with Gasteiger partial charge in [-0.1, -0.05) is 16.8 Å². The van der Waals surface area contributed by atoms with Gasteiger partial charge in [-0.15, -0.1) is 0 Å². The second kappa shape index (κ2) is 4.74. The van der Waals surface area contributed by atoms with E-state index in [4.69, 9.17) is 16.1 Å². The molecule has 112 valence electrons. The summed E-state index contributed by atoms with van der Waals surface area (Å²) in [5, 5.41) is 4.70. The Bertz CT molecular complexity index is 902. The molecule has 0 unspecified atom stereocenters. The number of aryl methyl sites for hydroxylation is 2. The van der Waals surface area contributed by atoms with E-state index in [1.807, 2.05) is 13.0 Å². The lowest BCUT2D eigenvalue weighted by Crippen LogP contribution is -1.96. The van der Waals surface area contributed by atoms with Crippen molar-refractivity contribution in [1.82, 2.24) is 15.1 Å². The highest BCUT2D eigenvalue weighted by Crippen LogP contribution is 2.43. The number of rotatable bonds is 2. The molecule has 0 radical (unpaired) electrons. The van der Waals surface area contributed by atoms with Crippen molar-refractivity contribution < 1.29 is 8.91 Å². The van der Waals surface area contributed by atoms with Crippen molar-refractivity contribution in [3.63, 3.8) is 0 Å². The number of benzene rings is 1. The summed E-state index contributed by atoms with van der Waals surface area (Å²) in [6.07, 6.45) is 2.22. The van der Waals surface area contributed by atoms with Crippen LogP contribution in [0.2, 0.25) is 5.15 Å². The molecule has 1 aliphatic rings. The molecule has 6 heteroatoms. The quantitative estimate of drug-likeness (QED) is 0.650. The summed E-state index contributed by atoms with van der Waals surface area (Å²) in [5.41, 5.74) is 2.68. The highest BCUT2D eigenvalue weighted by Gasteiger charge is 2.26. The molecule has 1 aliphatic carbocycles. The molecule has 3 aromatic rings. The van der Waals surface area contributed by atoms with E-state index in [1.54, 1.807) is 13.0 Å². The zero-order chi connectivity index (χ0) is 15.4. The van der Waals surface area contributed by atoms with Gasteiger partial charge in [0.25, 0.3) is 5.89 Å².